The van der Waals surface area contributed by atoms with Gasteiger partial charge >= 0.3 is 5.69 Å². The van der Waals surface area contributed by atoms with Crippen molar-refractivity contribution in [3.8, 4) is 0 Å². The number of nitrogens with one attached hydrogen (secondary N) is 3. The monoisotopic (exact) mass is 397 g/mol. The highest BCUT2D eigenvalue weighted by Crippen LogP contribution is 2.22. The molecule has 142 valence electrons. The van der Waals surface area contributed by atoms with Crippen LogP contribution in [-0.4, -0.2) is 32.3 Å². The van der Waals surface area contributed by atoms with Crippen LogP contribution in [0.25, 0.3) is 0 Å². The summed E-state index contributed by atoms with van der Waals surface area (Å²) >= 11 is 2.56. The topological polar surface area (TPSA) is 109 Å². The van der Waals surface area contributed by atoms with Gasteiger partial charge in [-0.3, -0.25) is 25.0 Å². The number of unbranched alkanes of at least 4 members (excludes halogenated alkanes) is 1. The predicted molar refractivity (Wildman–Crippen MR) is 103 cm³/mol. The minimum Gasteiger partial charge on any atom is -0.272 e. The molecule has 2 aromatic heterocycles. The molecular formula is C16H23N5O3S2. The lowest BCUT2D eigenvalue weighted by Crippen LogP contribution is -2.42. The molecule has 2 amide bonds. The molecule has 0 radical (unpaired) electrons. The lowest BCUT2D eigenvalue weighted by molar-refractivity contribution is -0.119. The maximum Gasteiger partial charge on any atom is 0.343 e. The second kappa shape index (κ2) is 9.58. The second-order valence-electron chi connectivity index (χ2n) is 5.68. The molecule has 0 atom stereocenters. The average Bonchev–Trinajstić information content (AvgIpc) is 3.18. The van der Waals surface area contributed by atoms with Gasteiger partial charge in [0.25, 0.3) is 5.91 Å². The van der Waals surface area contributed by atoms with Gasteiger partial charge in [0.05, 0.1) is 10.6 Å². The molecule has 3 N–H and O–H groups in total. The molecule has 26 heavy (non-hydrogen) atoms. The van der Waals surface area contributed by atoms with Crippen LogP contribution in [0.3, 0.4) is 0 Å². The van der Waals surface area contributed by atoms with Gasteiger partial charge in [0, 0.05) is 11.4 Å². The predicted octanol–water partition coefficient (Wildman–Crippen LogP) is 1.86. The number of hydrazine groups is 1. The Morgan fingerprint density at radius 3 is 2.77 bits per heavy atom. The Balaban J connectivity index is 1.84. The number of carbonyl (C=O) groups is 2. The molecule has 0 bridgehead atoms. The van der Waals surface area contributed by atoms with Crippen molar-refractivity contribution in [2.24, 2.45) is 0 Å². The zero-order chi connectivity index (χ0) is 19.1. The maximum absolute atomic E-state index is 12.1. The summed E-state index contributed by atoms with van der Waals surface area (Å²) in [5.41, 5.74) is 5.60. The van der Waals surface area contributed by atoms with Crippen molar-refractivity contribution < 1.29 is 9.59 Å². The number of thioether (sulfide) groups is 1. The molecule has 2 rings (SSSR count). The third-order valence-corrected chi connectivity index (χ3v) is 6.03. The zero-order valence-electron chi connectivity index (χ0n) is 15.0. The molecule has 0 aliphatic rings. The quantitative estimate of drug-likeness (QED) is 0.465. The standard InChI is InChI=1S/C16H23N5O3S2/c1-4-6-7-21-15(24)19-20-16(21)25-9-13(22)17-18-14(23)12-8-10(3)11(5-2)26-12/h8H,4-7,9H2,1-3H3,(H,17,22)(H,18,23)(H,19,24). The van der Waals surface area contributed by atoms with Gasteiger partial charge in [-0.2, -0.15) is 0 Å². The van der Waals surface area contributed by atoms with E-state index in [2.05, 4.69) is 21.0 Å². The molecule has 0 fully saturated rings. The second-order valence-corrected chi connectivity index (χ2v) is 7.76. The van der Waals surface area contributed by atoms with Gasteiger partial charge < -0.3 is 0 Å². The van der Waals surface area contributed by atoms with E-state index in [1.165, 1.54) is 15.9 Å². The van der Waals surface area contributed by atoms with E-state index in [9.17, 15) is 14.4 Å². The van der Waals surface area contributed by atoms with E-state index in [0.29, 0.717) is 16.6 Å². The number of rotatable bonds is 8. The lowest BCUT2D eigenvalue weighted by atomic mass is 10.2. The first kappa shape index (κ1) is 20.2. The van der Waals surface area contributed by atoms with E-state index in [1.54, 1.807) is 0 Å². The molecule has 0 saturated carbocycles. The summed E-state index contributed by atoms with van der Waals surface area (Å²) < 4.78 is 1.51. The normalized spacial score (nSPS) is 10.7. The fourth-order valence-electron chi connectivity index (χ4n) is 2.26. The van der Waals surface area contributed by atoms with E-state index in [0.717, 1.165) is 41.5 Å². The Hall–Kier alpha value is -2.07. The number of hydrogen-bond donors (Lipinski definition) is 3. The van der Waals surface area contributed by atoms with Crippen molar-refractivity contribution in [3.63, 3.8) is 0 Å². The van der Waals surface area contributed by atoms with Gasteiger partial charge in [0.15, 0.2) is 5.16 Å². The van der Waals surface area contributed by atoms with Crippen LogP contribution in [0.2, 0.25) is 0 Å². The fraction of sp³-hybridized carbons (Fsp3) is 0.500. The molecule has 8 nitrogen and oxygen atoms in total. The summed E-state index contributed by atoms with van der Waals surface area (Å²) in [5, 5.41) is 6.78. The third-order valence-electron chi connectivity index (χ3n) is 3.67. The first-order chi connectivity index (χ1) is 12.5. The van der Waals surface area contributed by atoms with Crippen LogP contribution in [0.4, 0.5) is 0 Å². The van der Waals surface area contributed by atoms with Crippen molar-refractivity contribution >= 4 is 34.9 Å². The smallest absolute Gasteiger partial charge is 0.272 e. The van der Waals surface area contributed by atoms with E-state index in [4.69, 9.17) is 0 Å². The fourth-order valence-corrected chi connectivity index (χ4v) is 4.05. The van der Waals surface area contributed by atoms with E-state index in [1.807, 2.05) is 26.8 Å². The Kier molecular flexibility index (Phi) is 7.46. The van der Waals surface area contributed by atoms with Crippen molar-refractivity contribution in [1.82, 2.24) is 25.6 Å². The highest BCUT2D eigenvalue weighted by molar-refractivity contribution is 7.99. The molecule has 10 heteroatoms. The number of nitrogens with zero attached hydrogens (tertiary/aromatic N) is 2. The van der Waals surface area contributed by atoms with Gasteiger partial charge in [-0.1, -0.05) is 32.0 Å². The third kappa shape index (κ3) is 5.21. The Bertz CT molecular complexity index is 824. The van der Waals surface area contributed by atoms with Crippen molar-refractivity contribution in [1.29, 1.82) is 0 Å². The van der Waals surface area contributed by atoms with Crippen LogP contribution in [0, 0.1) is 6.92 Å². The Morgan fingerprint density at radius 1 is 1.35 bits per heavy atom. The SMILES string of the molecule is CCCCn1c(SCC(=O)NNC(=O)c2cc(C)c(CC)s2)n[nH]c1=O. The molecule has 2 aromatic rings. The molecule has 0 saturated heterocycles. The molecule has 0 aliphatic heterocycles. The minimum atomic E-state index is -0.371. The van der Waals surface area contributed by atoms with E-state index >= 15 is 0 Å². The van der Waals surface area contributed by atoms with Crippen LogP contribution < -0.4 is 16.5 Å². The van der Waals surface area contributed by atoms with Crippen LogP contribution in [0.15, 0.2) is 16.0 Å². The van der Waals surface area contributed by atoms with Gasteiger partial charge in [0.2, 0.25) is 5.91 Å². The van der Waals surface area contributed by atoms with E-state index < -0.39 is 0 Å². The number of H-pyrrole nitrogens is 1. The van der Waals surface area contributed by atoms with Gasteiger partial charge in [-0.15, -0.1) is 16.4 Å². The summed E-state index contributed by atoms with van der Waals surface area (Å²) in [6, 6.07) is 1.82. The molecule has 0 spiro atoms. The van der Waals surface area contributed by atoms with E-state index in [-0.39, 0.29) is 23.3 Å². The summed E-state index contributed by atoms with van der Waals surface area (Å²) in [7, 11) is 0. The number of aryl methyl sites for hydroxylation is 2. The van der Waals surface area contributed by atoms with Crippen LogP contribution in [0.5, 0.6) is 0 Å². The van der Waals surface area contributed by atoms with Crippen molar-refractivity contribution in [2.75, 3.05) is 5.75 Å². The Labute approximate surface area is 159 Å². The number of hydrogen-bond acceptors (Lipinski definition) is 6. The van der Waals surface area contributed by atoms with Crippen LogP contribution in [-0.2, 0) is 17.8 Å². The number of thiophene rings is 1. The van der Waals surface area contributed by atoms with Gasteiger partial charge in [-0.05, 0) is 31.4 Å². The largest absolute Gasteiger partial charge is 0.343 e. The molecule has 0 aliphatic carbocycles. The lowest BCUT2D eigenvalue weighted by Gasteiger charge is -2.06. The van der Waals surface area contributed by atoms with Gasteiger partial charge in [-0.25, -0.2) is 9.89 Å². The van der Waals surface area contributed by atoms with Gasteiger partial charge in [0.1, 0.15) is 0 Å². The van der Waals surface area contributed by atoms with Crippen LogP contribution in [0.1, 0.15) is 46.8 Å². The Morgan fingerprint density at radius 2 is 2.12 bits per heavy atom. The number of aromatic nitrogens is 3. The minimum absolute atomic E-state index is 0.0420. The summed E-state index contributed by atoms with van der Waals surface area (Å²) in [6.07, 6.45) is 2.68. The number of amides is 2. The summed E-state index contributed by atoms with van der Waals surface area (Å²) in [5.74, 6) is -0.666. The maximum atomic E-state index is 12.1. The molecule has 0 unspecified atom stereocenters. The first-order valence-electron chi connectivity index (χ1n) is 8.42. The first-order valence-corrected chi connectivity index (χ1v) is 10.2. The zero-order valence-corrected chi connectivity index (χ0v) is 16.7. The number of carbonyl (C=O) groups excluding carboxylic acids is 2. The summed E-state index contributed by atoms with van der Waals surface area (Å²) in [6.45, 7) is 6.59. The van der Waals surface area contributed by atoms with Crippen LogP contribution >= 0.6 is 23.1 Å². The average molecular weight is 398 g/mol. The van der Waals surface area contributed by atoms with Crippen molar-refractivity contribution in [2.45, 2.75) is 51.7 Å². The molecular weight excluding hydrogens is 374 g/mol. The number of aromatic amines is 1. The molecule has 2 heterocycles. The highest BCUT2D eigenvalue weighted by Gasteiger charge is 2.14. The molecule has 0 aromatic carbocycles. The van der Waals surface area contributed by atoms with Crippen molar-refractivity contribution in [3.05, 3.63) is 31.9 Å². The summed E-state index contributed by atoms with van der Waals surface area (Å²) in [4.78, 5) is 37.4. The highest BCUT2D eigenvalue weighted by atomic mass is 32.2.